The van der Waals surface area contributed by atoms with Crippen molar-refractivity contribution in [2.24, 2.45) is 0 Å². The standard InChI is InChI=1S/C22H26O4/c1-2-3-4-11-16-20(26-22(24)19-14-9-6-10-15-19)17-25-21(23)18-12-7-5-8-13-18/h5-10,12-15,20H,2-4,11,16-17H2,1H3. The smallest absolute Gasteiger partial charge is 0.338 e. The first-order valence-electron chi connectivity index (χ1n) is 9.19. The Labute approximate surface area is 155 Å². The molecule has 0 saturated heterocycles. The Bertz CT molecular complexity index is 667. The van der Waals surface area contributed by atoms with Crippen LogP contribution in [0.25, 0.3) is 0 Å². The number of carbonyl (C=O) groups is 2. The van der Waals surface area contributed by atoms with E-state index in [4.69, 9.17) is 9.47 Å². The summed E-state index contributed by atoms with van der Waals surface area (Å²) in [5, 5.41) is 0. The SMILES string of the molecule is CCCCCCC(COC(=O)c1ccccc1)OC(=O)c1ccccc1. The van der Waals surface area contributed by atoms with E-state index in [1.807, 2.05) is 12.1 Å². The molecule has 1 unspecified atom stereocenters. The Morgan fingerprint density at radius 2 is 1.38 bits per heavy atom. The number of unbranched alkanes of at least 4 members (excludes halogenated alkanes) is 3. The molecule has 0 spiro atoms. The zero-order chi connectivity index (χ0) is 18.6. The molecule has 0 saturated carbocycles. The lowest BCUT2D eigenvalue weighted by molar-refractivity contribution is -0.00341. The molecule has 0 aliphatic carbocycles. The van der Waals surface area contributed by atoms with Crippen molar-refractivity contribution in [3.63, 3.8) is 0 Å². The molecule has 138 valence electrons. The van der Waals surface area contributed by atoms with E-state index in [0.29, 0.717) is 17.5 Å². The first-order valence-corrected chi connectivity index (χ1v) is 9.19. The van der Waals surface area contributed by atoms with Gasteiger partial charge in [0.15, 0.2) is 0 Å². The molecule has 0 aromatic heterocycles. The lowest BCUT2D eigenvalue weighted by atomic mass is 10.1. The first kappa shape index (κ1) is 19.7. The molecule has 2 rings (SSSR count). The number of carbonyl (C=O) groups excluding carboxylic acids is 2. The fourth-order valence-corrected chi connectivity index (χ4v) is 2.59. The Morgan fingerprint density at radius 1 is 0.808 bits per heavy atom. The summed E-state index contributed by atoms with van der Waals surface area (Å²) in [4.78, 5) is 24.4. The average molecular weight is 354 g/mol. The highest BCUT2D eigenvalue weighted by molar-refractivity contribution is 5.90. The fraction of sp³-hybridized carbons (Fsp3) is 0.364. The summed E-state index contributed by atoms with van der Waals surface area (Å²) in [7, 11) is 0. The monoisotopic (exact) mass is 354 g/mol. The summed E-state index contributed by atoms with van der Waals surface area (Å²) in [5.74, 6) is -0.790. The first-order chi connectivity index (χ1) is 12.7. The van der Waals surface area contributed by atoms with Gasteiger partial charge in [0.05, 0.1) is 11.1 Å². The predicted octanol–water partition coefficient (Wildman–Crippen LogP) is 5.04. The highest BCUT2D eigenvalue weighted by Crippen LogP contribution is 2.13. The van der Waals surface area contributed by atoms with Crippen LogP contribution in [0.5, 0.6) is 0 Å². The van der Waals surface area contributed by atoms with Gasteiger partial charge in [-0.05, 0) is 37.1 Å². The van der Waals surface area contributed by atoms with Gasteiger partial charge in [0.2, 0.25) is 0 Å². The molecule has 0 heterocycles. The second-order valence-corrected chi connectivity index (χ2v) is 6.21. The number of hydrogen-bond donors (Lipinski definition) is 0. The van der Waals surface area contributed by atoms with Crippen molar-refractivity contribution in [2.45, 2.75) is 45.1 Å². The molecule has 1 atom stereocenters. The van der Waals surface area contributed by atoms with Crippen molar-refractivity contribution in [2.75, 3.05) is 6.61 Å². The summed E-state index contributed by atoms with van der Waals surface area (Å²) >= 11 is 0. The van der Waals surface area contributed by atoms with Gasteiger partial charge in [-0.15, -0.1) is 0 Å². The van der Waals surface area contributed by atoms with Gasteiger partial charge in [-0.25, -0.2) is 9.59 Å². The number of hydrogen-bond acceptors (Lipinski definition) is 4. The number of rotatable bonds is 10. The maximum atomic E-state index is 12.3. The minimum Gasteiger partial charge on any atom is -0.458 e. The van der Waals surface area contributed by atoms with E-state index >= 15 is 0 Å². The quantitative estimate of drug-likeness (QED) is 0.443. The maximum Gasteiger partial charge on any atom is 0.338 e. The van der Waals surface area contributed by atoms with Crippen LogP contribution in [0.3, 0.4) is 0 Å². The second kappa shape index (κ2) is 11.1. The highest BCUT2D eigenvalue weighted by atomic mass is 16.6. The molecular formula is C22H26O4. The third-order valence-corrected chi connectivity index (χ3v) is 4.07. The number of benzene rings is 2. The molecule has 4 nitrogen and oxygen atoms in total. The van der Waals surface area contributed by atoms with Crippen molar-refractivity contribution in [1.82, 2.24) is 0 Å². The van der Waals surface area contributed by atoms with Gasteiger partial charge < -0.3 is 9.47 Å². The van der Waals surface area contributed by atoms with Crippen molar-refractivity contribution in [3.05, 3.63) is 71.8 Å². The number of esters is 2. The van der Waals surface area contributed by atoms with E-state index in [9.17, 15) is 9.59 Å². The van der Waals surface area contributed by atoms with Gasteiger partial charge in [-0.3, -0.25) is 0 Å². The summed E-state index contributed by atoms with van der Waals surface area (Å²) in [6.45, 7) is 2.22. The third kappa shape index (κ3) is 6.71. The van der Waals surface area contributed by atoms with E-state index in [0.717, 1.165) is 25.7 Å². The Kier molecular flexibility index (Phi) is 8.40. The van der Waals surface area contributed by atoms with Crippen LogP contribution >= 0.6 is 0 Å². The van der Waals surface area contributed by atoms with Crippen molar-refractivity contribution in [1.29, 1.82) is 0 Å². The lowest BCUT2D eigenvalue weighted by Crippen LogP contribution is -2.25. The van der Waals surface area contributed by atoms with Gasteiger partial charge >= 0.3 is 11.9 Å². The summed E-state index contributed by atoms with van der Waals surface area (Å²) in [6, 6.07) is 17.7. The molecule has 0 aliphatic heterocycles. The van der Waals surface area contributed by atoms with Crippen LogP contribution < -0.4 is 0 Å². The zero-order valence-electron chi connectivity index (χ0n) is 15.2. The van der Waals surface area contributed by atoms with E-state index in [1.165, 1.54) is 0 Å². The highest BCUT2D eigenvalue weighted by Gasteiger charge is 2.18. The zero-order valence-corrected chi connectivity index (χ0v) is 15.2. The maximum absolute atomic E-state index is 12.3. The van der Waals surface area contributed by atoms with E-state index in [2.05, 4.69) is 6.92 Å². The average Bonchev–Trinajstić information content (AvgIpc) is 2.70. The van der Waals surface area contributed by atoms with Crippen LogP contribution in [-0.4, -0.2) is 24.6 Å². The van der Waals surface area contributed by atoms with Crippen molar-refractivity contribution in [3.8, 4) is 0 Å². The minimum atomic E-state index is -0.438. The molecule has 26 heavy (non-hydrogen) atoms. The molecule has 2 aromatic carbocycles. The molecule has 2 aromatic rings. The number of ether oxygens (including phenoxy) is 2. The second-order valence-electron chi connectivity index (χ2n) is 6.21. The molecule has 0 fully saturated rings. The lowest BCUT2D eigenvalue weighted by Gasteiger charge is -2.18. The predicted molar refractivity (Wildman–Crippen MR) is 101 cm³/mol. The molecule has 0 radical (unpaired) electrons. The summed E-state index contributed by atoms with van der Waals surface area (Å²) in [6.07, 6.45) is 4.53. The van der Waals surface area contributed by atoms with Crippen LogP contribution in [0, 0.1) is 0 Å². The van der Waals surface area contributed by atoms with Crippen LogP contribution in [0.4, 0.5) is 0 Å². The van der Waals surface area contributed by atoms with E-state index < -0.39 is 12.1 Å². The van der Waals surface area contributed by atoms with Gasteiger partial charge in [0.25, 0.3) is 0 Å². The van der Waals surface area contributed by atoms with Gasteiger partial charge in [-0.2, -0.15) is 0 Å². The molecular weight excluding hydrogens is 328 g/mol. The minimum absolute atomic E-state index is 0.0679. The molecule has 4 heteroatoms. The topological polar surface area (TPSA) is 52.6 Å². The third-order valence-electron chi connectivity index (χ3n) is 4.07. The van der Waals surface area contributed by atoms with Crippen LogP contribution in [0.2, 0.25) is 0 Å². The van der Waals surface area contributed by atoms with Crippen molar-refractivity contribution < 1.29 is 19.1 Å². The molecule has 0 bridgehead atoms. The van der Waals surface area contributed by atoms with E-state index in [-0.39, 0.29) is 12.6 Å². The van der Waals surface area contributed by atoms with E-state index in [1.54, 1.807) is 48.5 Å². The largest absolute Gasteiger partial charge is 0.458 e. The van der Waals surface area contributed by atoms with Crippen molar-refractivity contribution >= 4 is 11.9 Å². The van der Waals surface area contributed by atoms with Crippen LogP contribution in [0.1, 0.15) is 59.7 Å². The van der Waals surface area contributed by atoms with Crippen LogP contribution in [-0.2, 0) is 9.47 Å². The van der Waals surface area contributed by atoms with Crippen LogP contribution in [0.15, 0.2) is 60.7 Å². The fourth-order valence-electron chi connectivity index (χ4n) is 2.59. The summed E-state index contributed by atoms with van der Waals surface area (Å²) < 4.78 is 11.0. The molecule has 0 aliphatic rings. The Hall–Kier alpha value is -2.62. The Morgan fingerprint density at radius 3 is 1.96 bits per heavy atom. The normalized spacial score (nSPS) is 11.6. The molecule has 0 N–H and O–H groups in total. The van der Waals surface area contributed by atoms with Gasteiger partial charge in [0, 0.05) is 0 Å². The Balaban J connectivity index is 1.91. The summed E-state index contributed by atoms with van der Waals surface area (Å²) in [5.41, 5.74) is 0.993. The van der Waals surface area contributed by atoms with Gasteiger partial charge in [0.1, 0.15) is 12.7 Å². The van der Waals surface area contributed by atoms with Gasteiger partial charge in [-0.1, -0.05) is 62.6 Å². The molecule has 0 amide bonds.